The van der Waals surface area contributed by atoms with Gasteiger partial charge in [-0.2, -0.15) is 5.10 Å². The van der Waals surface area contributed by atoms with Crippen LogP contribution in [-0.2, 0) is 6.54 Å². The lowest BCUT2D eigenvalue weighted by molar-refractivity contribution is 0.265. The molecule has 0 radical (unpaired) electrons. The maximum Gasteiger partial charge on any atom is 0.128 e. The Morgan fingerprint density at radius 2 is 2.17 bits per heavy atom. The minimum atomic E-state index is -0.395. The fourth-order valence-corrected chi connectivity index (χ4v) is 5.02. The number of anilines is 1. The van der Waals surface area contributed by atoms with Crippen molar-refractivity contribution >= 4 is 5.82 Å². The van der Waals surface area contributed by atoms with Gasteiger partial charge in [0.25, 0.3) is 0 Å². The highest BCUT2D eigenvalue weighted by atomic mass is 19.1. The van der Waals surface area contributed by atoms with E-state index in [1.807, 2.05) is 12.4 Å². The van der Waals surface area contributed by atoms with Crippen LogP contribution in [0.3, 0.4) is 0 Å². The van der Waals surface area contributed by atoms with E-state index in [0.29, 0.717) is 24.5 Å². The Balaban J connectivity index is 1.32. The number of piperazine rings is 1. The number of piperidine rings is 1. The molecule has 8 nitrogen and oxygen atoms in total. The monoisotopic (exact) mass is 414 g/mol. The number of hydrogen-bond donors (Lipinski definition) is 4. The molecule has 0 aliphatic carbocycles. The van der Waals surface area contributed by atoms with Gasteiger partial charge in [-0.3, -0.25) is 10.1 Å². The lowest BCUT2D eigenvalue weighted by Crippen LogP contribution is -2.49. The van der Waals surface area contributed by atoms with E-state index in [-0.39, 0.29) is 12.1 Å². The summed E-state index contributed by atoms with van der Waals surface area (Å²) in [6.45, 7) is 5.96. The highest BCUT2D eigenvalue weighted by molar-refractivity contribution is 5.41. The highest BCUT2D eigenvalue weighted by Gasteiger charge is 2.42. The van der Waals surface area contributed by atoms with Gasteiger partial charge in [0.15, 0.2) is 0 Å². The van der Waals surface area contributed by atoms with Crippen LogP contribution >= 0.6 is 0 Å². The predicted octanol–water partition coefficient (Wildman–Crippen LogP) is 0.914. The SMILES string of the molecule is CC1CN(c2cccc(C3NNC4CNC(c5cnn(CCF)c5)CC43)n2)CCN1. The Kier molecular flexibility index (Phi) is 5.68. The van der Waals surface area contributed by atoms with Gasteiger partial charge in [0.2, 0.25) is 0 Å². The molecule has 3 aliphatic rings. The zero-order valence-corrected chi connectivity index (χ0v) is 17.4. The zero-order valence-electron chi connectivity index (χ0n) is 17.4. The summed E-state index contributed by atoms with van der Waals surface area (Å²) < 4.78 is 14.3. The maximum atomic E-state index is 12.6. The van der Waals surface area contributed by atoms with Crippen molar-refractivity contribution in [3.05, 3.63) is 41.9 Å². The van der Waals surface area contributed by atoms with Crippen molar-refractivity contribution in [3.8, 4) is 0 Å². The Bertz CT molecular complexity index is 857. The van der Waals surface area contributed by atoms with E-state index < -0.39 is 6.67 Å². The first kappa shape index (κ1) is 19.9. The normalized spacial score (nSPS) is 31.7. The van der Waals surface area contributed by atoms with E-state index in [1.165, 1.54) is 0 Å². The number of nitrogens with one attached hydrogen (secondary N) is 4. The number of fused-ring (bicyclic) bond motifs is 1. The summed E-state index contributed by atoms with van der Waals surface area (Å²) in [5.41, 5.74) is 9.18. The molecule has 0 amide bonds. The van der Waals surface area contributed by atoms with Crippen LogP contribution in [0.5, 0.6) is 0 Å². The summed E-state index contributed by atoms with van der Waals surface area (Å²) in [4.78, 5) is 7.42. The van der Waals surface area contributed by atoms with Gasteiger partial charge in [-0.05, 0) is 25.5 Å². The van der Waals surface area contributed by atoms with Crippen LogP contribution in [0, 0.1) is 5.92 Å². The first-order valence-corrected chi connectivity index (χ1v) is 11.0. The topological polar surface area (TPSA) is 82.1 Å². The minimum Gasteiger partial charge on any atom is -0.354 e. The van der Waals surface area contributed by atoms with E-state index in [0.717, 1.165) is 49.7 Å². The third kappa shape index (κ3) is 3.94. The number of hydrogen-bond acceptors (Lipinski definition) is 7. The molecule has 3 saturated heterocycles. The van der Waals surface area contributed by atoms with Crippen molar-refractivity contribution in [1.82, 2.24) is 36.2 Å². The fraction of sp³-hybridized carbons (Fsp3) is 0.619. The van der Waals surface area contributed by atoms with E-state index in [1.54, 1.807) is 4.68 Å². The summed E-state index contributed by atoms with van der Waals surface area (Å²) >= 11 is 0. The van der Waals surface area contributed by atoms with Crippen molar-refractivity contribution in [3.63, 3.8) is 0 Å². The third-order valence-electron chi connectivity index (χ3n) is 6.60. The van der Waals surface area contributed by atoms with E-state index in [9.17, 15) is 4.39 Å². The highest BCUT2D eigenvalue weighted by Crippen LogP contribution is 2.38. The molecule has 30 heavy (non-hydrogen) atoms. The van der Waals surface area contributed by atoms with E-state index >= 15 is 0 Å². The molecular formula is C21H31FN8. The van der Waals surface area contributed by atoms with E-state index in [2.05, 4.69) is 56.6 Å². The summed E-state index contributed by atoms with van der Waals surface area (Å²) in [5, 5.41) is 11.4. The van der Waals surface area contributed by atoms with Crippen molar-refractivity contribution in [1.29, 1.82) is 0 Å². The number of pyridine rings is 1. The molecule has 3 aliphatic heterocycles. The number of rotatable bonds is 5. The van der Waals surface area contributed by atoms with Gasteiger partial charge in [-0.15, -0.1) is 0 Å². The lowest BCUT2D eigenvalue weighted by Gasteiger charge is -2.35. The Morgan fingerprint density at radius 1 is 1.23 bits per heavy atom. The summed E-state index contributed by atoms with van der Waals surface area (Å²) in [6, 6.07) is 7.60. The number of aryl methyl sites for hydroxylation is 1. The summed E-state index contributed by atoms with van der Waals surface area (Å²) in [7, 11) is 0. The van der Waals surface area contributed by atoms with E-state index in [4.69, 9.17) is 4.98 Å². The van der Waals surface area contributed by atoms with Gasteiger partial charge in [-0.1, -0.05) is 6.07 Å². The second kappa shape index (κ2) is 8.58. The first-order chi connectivity index (χ1) is 14.7. The molecule has 0 saturated carbocycles. The Labute approximate surface area is 176 Å². The van der Waals surface area contributed by atoms with Gasteiger partial charge in [-0.25, -0.2) is 14.8 Å². The molecule has 0 aromatic carbocycles. The zero-order chi connectivity index (χ0) is 20.5. The molecule has 5 unspecified atom stereocenters. The molecule has 0 spiro atoms. The third-order valence-corrected chi connectivity index (χ3v) is 6.60. The molecule has 0 bridgehead atoms. The van der Waals surface area contributed by atoms with Gasteiger partial charge >= 0.3 is 0 Å². The number of hydrazine groups is 1. The van der Waals surface area contributed by atoms with Crippen molar-refractivity contribution in [2.45, 2.75) is 44.1 Å². The molecule has 2 aromatic rings. The van der Waals surface area contributed by atoms with Gasteiger partial charge in [0, 0.05) is 62.0 Å². The van der Waals surface area contributed by atoms with Crippen LogP contribution in [-0.4, -0.2) is 59.7 Å². The summed E-state index contributed by atoms with van der Waals surface area (Å²) in [5.74, 6) is 1.48. The second-order valence-corrected chi connectivity index (χ2v) is 8.68. The molecule has 3 fully saturated rings. The fourth-order valence-electron chi connectivity index (χ4n) is 5.02. The number of nitrogens with zero attached hydrogens (tertiary/aromatic N) is 4. The Morgan fingerprint density at radius 3 is 3.03 bits per heavy atom. The van der Waals surface area contributed by atoms with Crippen LogP contribution in [0.2, 0.25) is 0 Å². The number of aromatic nitrogens is 3. The molecule has 162 valence electrons. The lowest BCUT2D eigenvalue weighted by atomic mass is 9.82. The Hall–Kier alpha value is -2.07. The van der Waals surface area contributed by atoms with Crippen LogP contribution in [0.25, 0.3) is 0 Å². The van der Waals surface area contributed by atoms with Gasteiger partial charge in [0.1, 0.15) is 12.5 Å². The molecular weight excluding hydrogens is 383 g/mol. The van der Waals surface area contributed by atoms with Gasteiger partial charge in [0.05, 0.1) is 24.5 Å². The first-order valence-electron chi connectivity index (χ1n) is 11.0. The summed E-state index contributed by atoms with van der Waals surface area (Å²) in [6.07, 6.45) is 4.81. The average molecular weight is 415 g/mol. The predicted molar refractivity (Wildman–Crippen MR) is 114 cm³/mol. The minimum absolute atomic E-state index is 0.167. The molecule has 5 heterocycles. The standard InChI is InChI=1S/C21H31FN8/c1-14-12-29(8-6-23-14)20-4-2-3-17(26-20)21-16-9-18(24-11-19(16)27-28-21)15-10-25-30(13-15)7-5-22/h2-4,10,13-14,16,18-19,21,23-24,27-28H,5-9,11-12H2,1H3. The molecule has 5 rings (SSSR count). The quantitative estimate of drug-likeness (QED) is 0.579. The van der Waals surface area contributed by atoms with Crippen LogP contribution in [0.4, 0.5) is 10.2 Å². The van der Waals surface area contributed by atoms with Crippen LogP contribution < -0.4 is 26.4 Å². The van der Waals surface area contributed by atoms with Crippen LogP contribution in [0.1, 0.15) is 36.7 Å². The smallest absolute Gasteiger partial charge is 0.128 e. The molecule has 9 heteroatoms. The second-order valence-electron chi connectivity index (χ2n) is 8.68. The number of alkyl halides is 1. The van der Waals surface area contributed by atoms with Crippen molar-refractivity contribution in [2.75, 3.05) is 37.8 Å². The maximum absolute atomic E-state index is 12.6. The van der Waals surface area contributed by atoms with Gasteiger partial charge < -0.3 is 15.5 Å². The molecule has 4 N–H and O–H groups in total. The molecule has 5 atom stereocenters. The average Bonchev–Trinajstić information content (AvgIpc) is 3.41. The van der Waals surface area contributed by atoms with Crippen molar-refractivity contribution < 1.29 is 4.39 Å². The number of halogens is 1. The largest absolute Gasteiger partial charge is 0.354 e. The molecule has 2 aromatic heterocycles. The van der Waals surface area contributed by atoms with Crippen molar-refractivity contribution in [2.24, 2.45) is 5.92 Å². The van der Waals surface area contributed by atoms with Crippen LogP contribution in [0.15, 0.2) is 30.6 Å².